The van der Waals surface area contributed by atoms with Gasteiger partial charge >= 0.3 is 5.97 Å². The van der Waals surface area contributed by atoms with Crippen LogP contribution in [-0.4, -0.2) is 20.9 Å². The quantitative estimate of drug-likeness (QED) is 0.614. The van der Waals surface area contributed by atoms with Crippen LogP contribution in [0.15, 0.2) is 48.5 Å². The molecule has 24 heavy (non-hydrogen) atoms. The molecule has 2 aromatic rings. The van der Waals surface area contributed by atoms with Gasteiger partial charge in [-0.05, 0) is 24.0 Å². The van der Waals surface area contributed by atoms with Crippen LogP contribution in [0.25, 0.3) is 0 Å². The zero-order valence-electron chi connectivity index (χ0n) is 12.5. The molecule has 0 saturated heterocycles. The van der Waals surface area contributed by atoms with Gasteiger partial charge in [0, 0.05) is 24.3 Å². The first-order chi connectivity index (χ1) is 11.4. The molecule has 2 aromatic carbocycles. The topological polar surface area (TPSA) is 124 Å². The molecule has 124 valence electrons. The maximum absolute atomic E-state index is 11.4. The van der Waals surface area contributed by atoms with Crippen molar-refractivity contribution < 1.29 is 19.7 Å². The van der Waals surface area contributed by atoms with Crippen LogP contribution in [0.4, 0.5) is 11.4 Å². The normalized spacial score (nSPS) is 10.5. The van der Waals surface area contributed by atoms with Crippen molar-refractivity contribution in [3.63, 3.8) is 0 Å². The van der Waals surface area contributed by atoms with Crippen LogP contribution in [0.2, 0.25) is 0 Å². The molecule has 8 heteroatoms. The van der Waals surface area contributed by atoms with Crippen molar-refractivity contribution in [3.05, 3.63) is 79.9 Å². The lowest BCUT2D eigenvalue weighted by Gasteiger charge is -2.12. The van der Waals surface area contributed by atoms with Crippen LogP contribution in [-0.2, 0) is 17.6 Å². The summed E-state index contributed by atoms with van der Waals surface area (Å²) in [5.74, 6) is -1.72. The highest BCUT2D eigenvalue weighted by Crippen LogP contribution is 2.20. The summed E-state index contributed by atoms with van der Waals surface area (Å²) in [7, 11) is 0. The van der Waals surface area contributed by atoms with E-state index in [2.05, 4.69) is 0 Å². The number of hydrogen-bond donors (Lipinski definition) is 1. The number of carboxylic acids is 1. The summed E-state index contributed by atoms with van der Waals surface area (Å²) in [6, 6.07) is 11.5. The van der Waals surface area contributed by atoms with Gasteiger partial charge in [0.1, 0.15) is 0 Å². The molecule has 1 N–H and O–H groups in total. The highest BCUT2D eigenvalue weighted by molar-refractivity contribution is 5.71. The summed E-state index contributed by atoms with van der Waals surface area (Å²) >= 11 is 0. The largest absolute Gasteiger partial charge is 0.481 e. The lowest BCUT2D eigenvalue weighted by Crippen LogP contribution is -2.19. The Morgan fingerprint density at radius 1 is 0.833 bits per heavy atom. The minimum absolute atomic E-state index is 0.0546. The third-order valence-electron chi connectivity index (χ3n) is 3.61. The van der Waals surface area contributed by atoms with E-state index in [4.69, 9.17) is 0 Å². The van der Waals surface area contributed by atoms with Crippen molar-refractivity contribution in [2.75, 3.05) is 0 Å². The van der Waals surface area contributed by atoms with Crippen molar-refractivity contribution in [2.24, 2.45) is 5.92 Å². The third-order valence-corrected chi connectivity index (χ3v) is 3.61. The van der Waals surface area contributed by atoms with Crippen molar-refractivity contribution in [2.45, 2.75) is 12.8 Å². The lowest BCUT2D eigenvalue weighted by molar-refractivity contribution is -0.385. The molecule has 0 aliphatic rings. The van der Waals surface area contributed by atoms with E-state index in [1.807, 2.05) is 0 Å². The molecule has 0 radical (unpaired) electrons. The Hall–Kier alpha value is -3.29. The van der Waals surface area contributed by atoms with E-state index < -0.39 is 21.7 Å². The summed E-state index contributed by atoms with van der Waals surface area (Å²) in [6.07, 6.45) is 0.425. The fraction of sp³-hybridized carbons (Fsp3) is 0.188. The molecule has 0 atom stereocenters. The molecule has 2 rings (SSSR count). The number of nitro groups is 2. The van der Waals surface area contributed by atoms with Gasteiger partial charge in [0.15, 0.2) is 0 Å². The van der Waals surface area contributed by atoms with Gasteiger partial charge in [0.2, 0.25) is 0 Å². The average molecular weight is 330 g/mol. The van der Waals surface area contributed by atoms with E-state index in [0.717, 1.165) is 0 Å². The summed E-state index contributed by atoms with van der Waals surface area (Å²) < 4.78 is 0. The molecule has 0 saturated carbocycles. The minimum Gasteiger partial charge on any atom is -0.481 e. The molecule has 0 spiro atoms. The number of carbonyl (C=O) groups is 1. The molecule has 0 fully saturated rings. The SMILES string of the molecule is O=C(O)C(Cc1ccc([N+](=O)[O-])cc1)Cc1ccc([N+](=O)[O-])cc1. The summed E-state index contributed by atoms with van der Waals surface area (Å²) in [5.41, 5.74) is 1.24. The number of nitrogens with zero attached hydrogens (tertiary/aromatic N) is 2. The van der Waals surface area contributed by atoms with E-state index in [1.54, 1.807) is 0 Å². The molecule has 0 amide bonds. The standard InChI is InChI=1S/C16H14N2O6/c19-16(20)13(9-11-1-5-14(6-2-11)17(21)22)10-12-3-7-15(8-4-12)18(23)24/h1-8,13H,9-10H2,(H,19,20). The number of aliphatic carboxylic acids is 1. The molecule has 0 aromatic heterocycles. The van der Waals surface area contributed by atoms with Crippen molar-refractivity contribution in [3.8, 4) is 0 Å². The van der Waals surface area contributed by atoms with Crippen molar-refractivity contribution in [1.82, 2.24) is 0 Å². The number of nitro benzene ring substituents is 2. The number of rotatable bonds is 7. The van der Waals surface area contributed by atoms with Gasteiger partial charge in [-0.1, -0.05) is 24.3 Å². The zero-order valence-corrected chi connectivity index (χ0v) is 12.5. The molecular formula is C16H14N2O6. The van der Waals surface area contributed by atoms with E-state index in [1.165, 1.54) is 48.5 Å². The van der Waals surface area contributed by atoms with Crippen molar-refractivity contribution in [1.29, 1.82) is 0 Å². The Bertz CT molecular complexity index is 696. The van der Waals surface area contributed by atoms with Crippen molar-refractivity contribution >= 4 is 17.3 Å². The van der Waals surface area contributed by atoms with Gasteiger partial charge in [-0.2, -0.15) is 0 Å². The first kappa shape index (κ1) is 17.1. The van der Waals surface area contributed by atoms with Crippen LogP contribution in [0, 0.1) is 26.1 Å². The van der Waals surface area contributed by atoms with Gasteiger partial charge < -0.3 is 5.11 Å². The van der Waals surface area contributed by atoms with E-state index in [0.29, 0.717) is 11.1 Å². The number of carboxylic acid groups (broad SMARTS) is 1. The number of benzene rings is 2. The van der Waals surface area contributed by atoms with Gasteiger partial charge in [-0.15, -0.1) is 0 Å². The zero-order chi connectivity index (χ0) is 17.7. The van der Waals surface area contributed by atoms with E-state index >= 15 is 0 Å². The molecular weight excluding hydrogens is 316 g/mol. The lowest BCUT2D eigenvalue weighted by atomic mass is 9.92. The van der Waals surface area contributed by atoms with Gasteiger partial charge in [-0.3, -0.25) is 25.0 Å². The van der Waals surface area contributed by atoms with Crippen LogP contribution < -0.4 is 0 Å². The summed E-state index contributed by atoms with van der Waals surface area (Å²) in [4.78, 5) is 31.7. The highest BCUT2D eigenvalue weighted by Gasteiger charge is 2.19. The predicted octanol–water partition coefficient (Wildman–Crippen LogP) is 2.99. The number of non-ortho nitro benzene ring substituents is 2. The monoisotopic (exact) mass is 330 g/mol. The Morgan fingerprint density at radius 3 is 1.42 bits per heavy atom. The molecule has 0 bridgehead atoms. The smallest absolute Gasteiger partial charge is 0.307 e. The highest BCUT2D eigenvalue weighted by atomic mass is 16.6. The van der Waals surface area contributed by atoms with E-state index in [-0.39, 0.29) is 24.2 Å². The fourth-order valence-corrected chi connectivity index (χ4v) is 2.32. The number of hydrogen-bond acceptors (Lipinski definition) is 5. The van der Waals surface area contributed by atoms with Gasteiger partial charge in [0.25, 0.3) is 11.4 Å². The fourth-order valence-electron chi connectivity index (χ4n) is 2.32. The van der Waals surface area contributed by atoms with Crippen LogP contribution in [0.3, 0.4) is 0 Å². The molecule has 0 aliphatic carbocycles. The second-order valence-electron chi connectivity index (χ2n) is 5.29. The van der Waals surface area contributed by atoms with Gasteiger partial charge in [0.05, 0.1) is 15.8 Å². The first-order valence-corrected chi connectivity index (χ1v) is 7.06. The average Bonchev–Trinajstić information content (AvgIpc) is 2.55. The van der Waals surface area contributed by atoms with Crippen LogP contribution in [0.1, 0.15) is 11.1 Å². The minimum atomic E-state index is -0.994. The van der Waals surface area contributed by atoms with Crippen LogP contribution in [0.5, 0.6) is 0 Å². The first-order valence-electron chi connectivity index (χ1n) is 7.06. The maximum Gasteiger partial charge on any atom is 0.307 e. The Morgan fingerprint density at radius 2 is 1.17 bits per heavy atom. The Labute approximate surface area is 136 Å². The Balaban J connectivity index is 2.10. The predicted molar refractivity (Wildman–Crippen MR) is 84.7 cm³/mol. The maximum atomic E-state index is 11.4. The molecule has 0 aliphatic heterocycles. The van der Waals surface area contributed by atoms with Gasteiger partial charge in [-0.25, -0.2) is 0 Å². The second-order valence-corrected chi connectivity index (χ2v) is 5.29. The second kappa shape index (κ2) is 7.32. The molecule has 0 unspecified atom stereocenters. The Kier molecular flexibility index (Phi) is 5.20. The summed E-state index contributed by atoms with van der Waals surface area (Å²) in [6.45, 7) is 0. The van der Waals surface area contributed by atoms with E-state index in [9.17, 15) is 30.1 Å². The van der Waals surface area contributed by atoms with Crippen LogP contribution >= 0.6 is 0 Å². The third kappa shape index (κ3) is 4.35. The molecule has 0 heterocycles. The summed E-state index contributed by atoms with van der Waals surface area (Å²) in [5, 5.41) is 30.6. The molecule has 8 nitrogen and oxygen atoms in total.